The number of benzene rings is 1. The monoisotopic (exact) mass is 365 g/mol. The van der Waals surface area contributed by atoms with Crippen molar-refractivity contribution < 1.29 is 24.5 Å². The number of esters is 1. The van der Waals surface area contributed by atoms with Crippen molar-refractivity contribution in [2.24, 2.45) is 0 Å². The Morgan fingerprint density at radius 2 is 2.12 bits per heavy atom. The molecule has 0 radical (unpaired) electrons. The van der Waals surface area contributed by atoms with Crippen molar-refractivity contribution in [3.63, 3.8) is 0 Å². The molecule has 1 atom stereocenters. The van der Waals surface area contributed by atoms with Gasteiger partial charge < -0.3 is 19.1 Å². The molecule has 2 aliphatic heterocycles. The molecule has 1 aromatic rings. The molecule has 2 fully saturated rings. The molecule has 0 aromatic heterocycles. The van der Waals surface area contributed by atoms with Gasteiger partial charge in [0.1, 0.15) is 0 Å². The summed E-state index contributed by atoms with van der Waals surface area (Å²) in [4.78, 5) is 14.2. The second-order valence-corrected chi connectivity index (χ2v) is 6.70. The van der Waals surface area contributed by atoms with Crippen LogP contribution in [0.5, 0.6) is 0 Å². The van der Waals surface area contributed by atoms with E-state index in [0.717, 1.165) is 19.4 Å². The van der Waals surface area contributed by atoms with E-state index in [0.29, 0.717) is 12.2 Å². The number of carbonyl (C=O) groups excluding carboxylic acids is 1. The lowest BCUT2D eigenvalue weighted by Gasteiger charge is -2.40. The minimum Gasteiger partial charge on any atom is -0.465 e. The van der Waals surface area contributed by atoms with Crippen LogP contribution in [0.2, 0.25) is 0 Å². The first-order chi connectivity index (χ1) is 14.2. The normalized spacial score (nSPS) is 29.2. The van der Waals surface area contributed by atoms with E-state index >= 15 is 0 Å². The number of rotatable bonds is 8. The lowest BCUT2D eigenvalue weighted by molar-refractivity contribution is -0.152. The van der Waals surface area contributed by atoms with E-state index in [1.54, 1.807) is 31.2 Å². The SMILES string of the molecule is [2H]C1([2H])CC(C(=O)OCC)(c2ccccc2)CC([2H])([2H])N1CCOCC1CCCO1. The maximum absolute atomic E-state index is 13.0. The molecule has 0 bridgehead atoms. The standard InChI is InChI=1S/C21H31NO4/c1-2-25-20(23)21(18-7-4-3-5-8-18)10-12-22(13-11-21)14-16-24-17-19-9-6-15-26-19/h3-5,7-8,19H,2,6,9-17H2,1H3/i12D2,13D2. The lowest BCUT2D eigenvalue weighted by atomic mass is 9.72. The number of piperidine rings is 1. The van der Waals surface area contributed by atoms with Gasteiger partial charge >= 0.3 is 5.97 Å². The van der Waals surface area contributed by atoms with Gasteiger partial charge in [0.25, 0.3) is 0 Å². The summed E-state index contributed by atoms with van der Waals surface area (Å²) in [6.45, 7) is -0.829. The average Bonchev–Trinajstić information content (AvgIpc) is 3.20. The molecule has 2 heterocycles. The zero-order valence-electron chi connectivity index (χ0n) is 19.4. The molecule has 2 aliphatic rings. The van der Waals surface area contributed by atoms with Crippen LogP contribution >= 0.6 is 0 Å². The molecule has 0 spiro atoms. The van der Waals surface area contributed by atoms with Gasteiger partial charge in [-0.05, 0) is 51.2 Å². The van der Waals surface area contributed by atoms with E-state index in [1.165, 1.54) is 4.90 Å². The fourth-order valence-corrected chi connectivity index (χ4v) is 3.38. The van der Waals surface area contributed by atoms with E-state index in [4.69, 9.17) is 19.7 Å². The fourth-order valence-electron chi connectivity index (χ4n) is 3.38. The van der Waals surface area contributed by atoms with Crippen LogP contribution in [0.15, 0.2) is 30.3 Å². The van der Waals surface area contributed by atoms with Crippen LogP contribution in [0, 0.1) is 0 Å². The summed E-state index contributed by atoms with van der Waals surface area (Å²) in [5.41, 5.74) is -0.815. The highest BCUT2D eigenvalue weighted by molar-refractivity contribution is 5.83. The van der Waals surface area contributed by atoms with Gasteiger partial charge in [0.05, 0.1) is 31.3 Å². The molecule has 144 valence electrons. The molecule has 26 heavy (non-hydrogen) atoms. The number of likely N-dealkylation sites (tertiary alicyclic amines) is 1. The van der Waals surface area contributed by atoms with Crippen LogP contribution in [-0.4, -0.2) is 62.9 Å². The Bertz CT molecular complexity index is 692. The quantitative estimate of drug-likeness (QED) is 0.524. The van der Waals surface area contributed by atoms with Gasteiger partial charge in [0.15, 0.2) is 0 Å². The molecular weight excluding hydrogens is 330 g/mol. The van der Waals surface area contributed by atoms with Crippen molar-refractivity contribution in [1.29, 1.82) is 0 Å². The highest BCUT2D eigenvalue weighted by Crippen LogP contribution is 2.36. The first kappa shape index (κ1) is 14.6. The molecule has 1 unspecified atom stereocenters. The van der Waals surface area contributed by atoms with Crippen LogP contribution < -0.4 is 0 Å². The predicted molar refractivity (Wildman–Crippen MR) is 100 cm³/mol. The van der Waals surface area contributed by atoms with Crippen molar-refractivity contribution in [1.82, 2.24) is 4.90 Å². The fraction of sp³-hybridized carbons (Fsp3) is 0.667. The maximum atomic E-state index is 13.0. The van der Waals surface area contributed by atoms with E-state index < -0.39 is 24.4 Å². The van der Waals surface area contributed by atoms with Crippen molar-refractivity contribution in [2.45, 2.75) is 44.1 Å². The largest absolute Gasteiger partial charge is 0.465 e. The van der Waals surface area contributed by atoms with Crippen molar-refractivity contribution in [3.05, 3.63) is 35.9 Å². The highest BCUT2D eigenvalue weighted by Gasteiger charge is 2.44. The summed E-state index contributed by atoms with van der Waals surface area (Å²) in [6, 6.07) is 8.83. The number of carbonyl (C=O) groups is 1. The van der Waals surface area contributed by atoms with E-state index in [1.807, 2.05) is 6.07 Å². The van der Waals surface area contributed by atoms with Crippen LogP contribution in [0.3, 0.4) is 0 Å². The number of ether oxygens (including phenoxy) is 3. The van der Waals surface area contributed by atoms with E-state index in [9.17, 15) is 4.79 Å². The Morgan fingerprint density at radius 1 is 1.35 bits per heavy atom. The smallest absolute Gasteiger partial charge is 0.316 e. The molecule has 5 nitrogen and oxygen atoms in total. The Balaban J connectivity index is 1.77. The van der Waals surface area contributed by atoms with Gasteiger partial charge in [0, 0.05) is 18.6 Å². The lowest BCUT2D eigenvalue weighted by Crippen LogP contribution is -2.48. The Kier molecular flexibility index (Phi) is 5.33. The zero-order valence-corrected chi connectivity index (χ0v) is 15.4. The molecular formula is C21H31NO4. The predicted octanol–water partition coefficient (Wildman–Crippen LogP) is 2.78. The zero-order chi connectivity index (χ0) is 21.8. The average molecular weight is 366 g/mol. The van der Waals surface area contributed by atoms with E-state index in [2.05, 4.69) is 0 Å². The van der Waals surface area contributed by atoms with Gasteiger partial charge in [-0.3, -0.25) is 4.79 Å². The third kappa shape index (κ3) is 4.64. The van der Waals surface area contributed by atoms with Crippen LogP contribution in [0.4, 0.5) is 0 Å². The molecule has 0 amide bonds. The molecule has 2 saturated heterocycles. The second-order valence-electron chi connectivity index (χ2n) is 6.70. The Hall–Kier alpha value is -1.43. The summed E-state index contributed by atoms with van der Waals surface area (Å²) >= 11 is 0. The third-order valence-corrected chi connectivity index (χ3v) is 4.92. The second kappa shape index (κ2) is 9.49. The molecule has 0 aliphatic carbocycles. The van der Waals surface area contributed by atoms with E-state index in [-0.39, 0.29) is 38.7 Å². The molecule has 0 saturated carbocycles. The Labute approximate surface area is 162 Å². The van der Waals surface area contributed by atoms with Crippen LogP contribution in [0.25, 0.3) is 0 Å². The summed E-state index contributed by atoms with van der Waals surface area (Å²) in [6.07, 6.45) is 1.65. The minimum absolute atomic E-state index is 0.0643. The first-order valence-electron chi connectivity index (χ1n) is 11.4. The third-order valence-electron chi connectivity index (χ3n) is 4.92. The van der Waals surface area contributed by atoms with Crippen molar-refractivity contribution >= 4 is 5.97 Å². The van der Waals surface area contributed by atoms with Crippen molar-refractivity contribution in [2.75, 3.05) is 46.0 Å². The molecule has 5 heteroatoms. The van der Waals surface area contributed by atoms with Crippen molar-refractivity contribution in [3.8, 4) is 0 Å². The summed E-state index contributed by atoms with van der Waals surface area (Å²) in [5.74, 6) is -0.585. The van der Waals surface area contributed by atoms with Gasteiger partial charge in [0.2, 0.25) is 0 Å². The number of nitrogens with zero attached hydrogens (tertiary/aromatic N) is 1. The summed E-state index contributed by atoms with van der Waals surface area (Å²) in [7, 11) is 0. The van der Waals surface area contributed by atoms with Crippen LogP contribution in [0.1, 0.15) is 43.7 Å². The van der Waals surface area contributed by atoms with Gasteiger partial charge in [-0.1, -0.05) is 30.3 Å². The maximum Gasteiger partial charge on any atom is 0.316 e. The molecule has 1 aromatic carbocycles. The summed E-state index contributed by atoms with van der Waals surface area (Å²) < 4.78 is 51.0. The van der Waals surface area contributed by atoms with Gasteiger partial charge in [-0.25, -0.2) is 0 Å². The molecule has 0 N–H and O–H groups in total. The molecule has 3 rings (SSSR count). The summed E-state index contributed by atoms with van der Waals surface area (Å²) in [5, 5.41) is 0. The Morgan fingerprint density at radius 3 is 2.77 bits per heavy atom. The topological polar surface area (TPSA) is 48.0 Å². The van der Waals surface area contributed by atoms with Gasteiger partial charge in [-0.15, -0.1) is 0 Å². The highest BCUT2D eigenvalue weighted by atomic mass is 16.5. The van der Waals surface area contributed by atoms with Gasteiger partial charge in [-0.2, -0.15) is 0 Å². The number of hydrogen-bond donors (Lipinski definition) is 0. The van der Waals surface area contributed by atoms with Crippen LogP contribution in [-0.2, 0) is 24.4 Å². The number of hydrogen-bond acceptors (Lipinski definition) is 5. The first-order valence-corrected chi connectivity index (χ1v) is 9.41. The minimum atomic E-state index is -2.06.